The first kappa shape index (κ1) is 15.5. The van der Waals surface area contributed by atoms with Crippen molar-refractivity contribution >= 4 is 5.91 Å². The van der Waals surface area contributed by atoms with Gasteiger partial charge >= 0.3 is 0 Å². The van der Waals surface area contributed by atoms with E-state index >= 15 is 0 Å². The summed E-state index contributed by atoms with van der Waals surface area (Å²) in [6.07, 6.45) is 3.92. The number of amides is 1. The van der Waals surface area contributed by atoms with E-state index in [9.17, 15) is 4.79 Å². The van der Waals surface area contributed by atoms with Gasteiger partial charge in [-0.3, -0.25) is 9.78 Å². The van der Waals surface area contributed by atoms with Crippen molar-refractivity contribution in [3.63, 3.8) is 0 Å². The Kier molecular flexibility index (Phi) is 4.88. The van der Waals surface area contributed by atoms with E-state index in [0.717, 1.165) is 30.7 Å². The summed E-state index contributed by atoms with van der Waals surface area (Å²) >= 11 is 0. The molecule has 5 heteroatoms. The summed E-state index contributed by atoms with van der Waals surface area (Å²) in [5.41, 5.74) is 2.18. The molecule has 2 aromatic rings. The molecule has 1 saturated heterocycles. The molecule has 1 aliphatic rings. The van der Waals surface area contributed by atoms with Gasteiger partial charge in [-0.25, -0.2) is 0 Å². The molecule has 0 radical (unpaired) electrons. The van der Waals surface area contributed by atoms with Gasteiger partial charge in [-0.1, -0.05) is 12.1 Å². The smallest absolute Gasteiger partial charge is 0.251 e. The number of ether oxygens (including phenoxy) is 2. The second-order valence-electron chi connectivity index (χ2n) is 5.48. The topological polar surface area (TPSA) is 60.5 Å². The lowest BCUT2D eigenvalue weighted by Crippen LogP contribution is -2.31. The maximum atomic E-state index is 12.3. The molecule has 1 aromatic heterocycles. The Balaban J connectivity index is 1.75. The van der Waals surface area contributed by atoms with Crippen LogP contribution >= 0.6 is 0 Å². The van der Waals surface area contributed by atoms with Crippen molar-refractivity contribution < 1.29 is 14.3 Å². The number of pyridine rings is 1. The number of hydrogen-bond acceptors (Lipinski definition) is 4. The molecule has 0 saturated carbocycles. The molecule has 0 spiro atoms. The molecular formula is C18H20N2O3. The van der Waals surface area contributed by atoms with Crippen molar-refractivity contribution in [3.8, 4) is 17.0 Å². The Morgan fingerprint density at radius 2 is 2.30 bits per heavy atom. The number of carbonyl (C=O) groups is 1. The van der Waals surface area contributed by atoms with Gasteiger partial charge in [0.05, 0.1) is 13.2 Å². The van der Waals surface area contributed by atoms with E-state index in [-0.39, 0.29) is 12.0 Å². The highest BCUT2D eigenvalue weighted by Gasteiger charge is 2.17. The van der Waals surface area contributed by atoms with E-state index < -0.39 is 0 Å². The Morgan fingerprint density at radius 1 is 1.39 bits per heavy atom. The van der Waals surface area contributed by atoms with Gasteiger partial charge in [0.1, 0.15) is 11.4 Å². The van der Waals surface area contributed by atoms with E-state index in [1.807, 2.05) is 30.3 Å². The van der Waals surface area contributed by atoms with Crippen molar-refractivity contribution in [2.45, 2.75) is 18.9 Å². The number of rotatable bonds is 5. The maximum absolute atomic E-state index is 12.3. The molecule has 1 atom stereocenters. The zero-order valence-corrected chi connectivity index (χ0v) is 13.1. The number of aromatic nitrogens is 1. The van der Waals surface area contributed by atoms with Gasteiger partial charge < -0.3 is 14.8 Å². The third-order valence-corrected chi connectivity index (χ3v) is 3.90. The van der Waals surface area contributed by atoms with E-state index in [2.05, 4.69) is 10.3 Å². The summed E-state index contributed by atoms with van der Waals surface area (Å²) in [5.74, 6) is 0.585. The fourth-order valence-electron chi connectivity index (χ4n) is 2.69. The summed E-state index contributed by atoms with van der Waals surface area (Å²) in [4.78, 5) is 16.7. The SMILES string of the molecule is COc1cccnc1-c1cccc(C(=O)NC[C@H]2CCCO2)c1. The monoisotopic (exact) mass is 312 g/mol. The van der Waals surface area contributed by atoms with Gasteiger partial charge in [0.2, 0.25) is 0 Å². The molecule has 23 heavy (non-hydrogen) atoms. The third-order valence-electron chi connectivity index (χ3n) is 3.90. The summed E-state index contributed by atoms with van der Waals surface area (Å²) in [7, 11) is 1.61. The van der Waals surface area contributed by atoms with Crippen LogP contribution in [-0.2, 0) is 4.74 Å². The predicted octanol–water partition coefficient (Wildman–Crippen LogP) is 2.67. The molecule has 0 unspecified atom stereocenters. The van der Waals surface area contributed by atoms with E-state index in [0.29, 0.717) is 17.9 Å². The standard InChI is InChI=1S/C18H20N2O3/c1-22-16-8-3-9-19-17(16)13-5-2-6-14(11-13)18(21)20-12-15-7-4-10-23-15/h2-3,5-6,8-9,11,15H,4,7,10,12H2,1H3,(H,20,21)/t15-/m1/s1. The Morgan fingerprint density at radius 3 is 3.09 bits per heavy atom. The van der Waals surface area contributed by atoms with Crippen LogP contribution in [0.3, 0.4) is 0 Å². The Bertz CT molecular complexity index is 681. The Labute approximate surface area is 135 Å². The third kappa shape index (κ3) is 3.68. The van der Waals surface area contributed by atoms with E-state index in [4.69, 9.17) is 9.47 Å². The summed E-state index contributed by atoms with van der Waals surface area (Å²) in [6.45, 7) is 1.34. The molecule has 3 rings (SSSR count). The molecule has 1 amide bonds. The molecule has 0 bridgehead atoms. The number of methoxy groups -OCH3 is 1. The molecule has 5 nitrogen and oxygen atoms in total. The fraction of sp³-hybridized carbons (Fsp3) is 0.333. The van der Waals surface area contributed by atoms with E-state index in [1.165, 1.54) is 0 Å². The lowest BCUT2D eigenvalue weighted by Gasteiger charge is -2.12. The van der Waals surface area contributed by atoms with E-state index in [1.54, 1.807) is 19.4 Å². The molecular weight excluding hydrogens is 292 g/mol. The minimum atomic E-state index is -0.0998. The van der Waals surface area contributed by atoms with Crippen molar-refractivity contribution in [2.75, 3.05) is 20.3 Å². The van der Waals surface area contributed by atoms with Crippen LogP contribution in [0.5, 0.6) is 5.75 Å². The quantitative estimate of drug-likeness (QED) is 0.922. The lowest BCUT2D eigenvalue weighted by molar-refractivity contribution is 0.0858. The van der Waals surface area contributed by atoms with Crippen LogP contribution < -0.4 is 10.1 Å². The van der Waals surface area contributed by atoms with Crippen LogP contribution in [0.25, 0.3) is 11.3 Å². The minimum Gasteiger partial charge on any atom is -0.494 e. The number of benzene rings is 1. The van der Waals surface area contributed by atoms with Gasteiger partial charge in [-0.2, -0.15) is 0 Å². The van der Waals surface area contributed by atoms with Crippen molar-refractivity contribution in [3.05, 3.63) is 48.2 Å². The van der Waals surface area contributed by atoms with Gasteiger partial charge in [-0.05, 0) is 37.1 Å². The van der Waals surface area contributed by atoms with Crippen LogP contribution in [0.4, 0.5) is 0 Å². The summed E-state index contributed by atoms with van der Waals surface area (Å²) < 4.78 is 10.9. The molecule has 0 aliphatic carbocycles. The number of nitrogens with zero attached hydrogens (tertiary/aromatic N) is 1. The predicted molar refractivity (Wildman–Crippen MR) is 87.5 cm³/mol. The first-order valence-electron chi connectivity index (χ1n) is 7.77. The highest BCUT2D eigenvalue weighted by Crippen LogP contribution is 2.27. The van der Waals surface area contributed by atoms with Crippen LogP contribution in [-0.4, -0.2) is 37.3 Å². The highest BCUT2D eigenvalue weighted by atomic mass is 16.5. The summed E-state index contributed by atoms with van der Waals surface area (Å²) in [5, 5.41) is 2.93. The van der Waals surface area contributed by atoms with Crippen LogP contribution in [0.15, 0.2) is 42.6 Å². The molecule has 2 heterocycles. The molecule has 1 fully saturated rings. The zero-order chi connectivity index (χ0) is 16.1. The molecule has 1 aromatic carbocycles. The first-order valence-corrected chi connectivity index (χ1v) is 7.77. The average molecular weight is 312 g/mol. The largest absolute Gasteiger partial charge is 0.494 e. The zero-order valence-electron chi connectivity index (χ0n) is 13.1. The summed E-state index contributed by atoms with van der Waals surface area (Å²) in [6, 6.07) is 11.1. The van der Waals surface area contributed by atoms with Crippen LogP contribution in [0.2, 0.25) is 0 Å². The van der Waals surface area contributed by atoms with Crippen molar-refractivity contribution in [1.29, 1.82) is 0 Å². The van der Waals surface area contributed by atoms with Gasteiger partial charge in [0, 0.05) is 30.5 Å². The molecule has 1 N–H and O–H groups in total. The fourth-order valence-corrected chi connectivity index (χ4v) is 2.69. The molecule has 1 aliphatic heterocycles. The first-order chi connectivity index (χ1) is 11.3. The number of hydrogen-bond donors (Lipinski definition) is 1. The van der Waals surface area contributed by atoms with Crippen molar-refractivity contribution in [2.24, 2.45) is 0 Å². The van der Waals surface area contributed by atoms with Crippen molar-refractivity contribution in [1.82, 2.24) is 10.3 Å². The maximum Gasteiger partial charge on any atom is 0.251 e. The second-order valence-corrected chi connectivity index (χ2v) is 5.48. The number of carbonyl (C=O) groups excluding carboxylic acids is 1. The molecule has 120 valence electrons. The average Bonchev–Trinajstić information content (AvgIpc) is 3.13. The second kappa shape index (κ2) is 7.24. The lowest BCUT2D eigenvalue weighted by atomic mass is 10.1. The van der Waals surface area contributed by atoms with Gasteiger partial charge in [0.15, 0.2) is 0 Å². The van der Waals surface area contributed by atoms with Crippen LogP contribution in [0.1, 0.15) is 23.2 Å². The number of nitrogens with one attached hydrogen (secondary N) is 1. The minimum absolute atomic E-state index is 0.0998. The normalized spacial score (nSPS) is 17.0. The van der Waals surface area contributed by atoms with Crippen LogP contribution in [0, 0.1) is 0 Å². The highest BCUT2D eigenvalue weighted by molar-refractivity contribution is 5.95. The van der Waals surface area contributed by atoms with Gasteiger partial charge in [0.25, 0.3) is 5.91 Å². The Hall–Kier alpha value is -2.40. The van der Waals surface area contributed by atoms with Gasteiger partial charge in [-0.15, -0.1) is 0 Å².